The van der Waals surface area contributed by atoms with Crippen molar-refractivity contribution in [3.05, 3.63) is 58.3 Å². The molecular formula is C13H7BrF3NO2. The van der Waals surface area contributed by atoms with Gasteiger partial charge in [0, 0.05) is 28.0 Å². The maximum absolute atomic E-state index is 12.2. The summed E-state index contributed by atoms with van der Waals surface area (Å²) in [7, 11) is 0. The quantitative estimate of drug-likeness (QED) is 0.790. The first-order chi connectivity index (χ1) is 9.37. The monoisotopic (exact) mass is 345 g/mol. The van der Waals surface area contributed by atoms with Crippen molar-refractivity contribution in [2.24, 2.45) is 0 Å². The van der Waals surface area contributed by atoms with Gasteiger partial charge in [-0.05, 0) is 30.3 Å². The minimum absolute atomic E-state index is 0.0814. The zero-order chi connectivity index (χ0) is 14.8. The summed E-state index contributed by atoms with van der Waals surface area (Å²) < 4.78 is 40.7. The van der Waals surface area contributed by atoms with Gasteiger partial charge in [-0.15, -0.1) is 13.2 Å². The highest BCUT2D eigenvalue weighted by molar-refractivity contribution is 9.10. The van der Waals surface area contributed by atoms with Gasteiger partial charge < -0.3 is 4.74 Å². The van der Waals surface area contributed by atoms with Crippen molar-refractivity contribution in [1.82, 2.24) is 4.98 Å². The van der Waals surface area contributed by atoms with E-state index >= 15 is 0 Å². The first-order valence-electron chi connectivity index (χ1n) is 5.37. The molecule has 0 atom stereocenters. The molecular weight excluding hydrogens is 339 g/mol. The van der Waals surface area contributed by atoms with E-state index in [1.807, 2.05) is 0 Å². The molecule has 0 aliphatic rings. The number of hydrogen-bond donors (Lipinski definition) is 0. The predicted octanol–water partition coefficient (Wildman–Crippen LogP) is 3.97. The smallest absolute Gasteiger partial charge is 0.406 e. The number of carbonyl (C=O) groups excluding carboxylic acids is 1. The van der Waals surface area contributed by atoms with Gasteiger partial charge in [0.05, 0.1) is 0 Å². The number of pyridine rings is 1. The first kappa shape index (κ1) is 14.5. The molecule has 1 aromatic heterocycles. The van der Waals surface area contributed by atoms with Gasteiger partial charge in [0.25, 0.3) is 0 Å². The standard InChI is InChI=1S/C13H7BrF3NO2/c14-11-2-1-9(20-13(15,16)17)7-10(11)12(19)8-3-5-18-6-4-8/h1-7H. The number of hydrogen-bond acceptors (Lipinski definition) is 3. The maximum Gasteiger partial charge on any atom is 0.573 e. The van der Waals surface area contributed by atoms with Crippen LogP contribution in [0.1, 0.15) is 15.9 Å². The molecule has 3 nitrogen and oxygen atoms in total. The van der Waals surface area contributed by atoms with Crippen LogP contribution in [0.2, 0.25) is 0 Å². The molecule has 0 saturated carbocycles. The van der Waals surface area contributed by atoms with E-state index < -0.39 is 17.9 Å². The Hall–Kier alpha value is -1.89. The van der Waals surface area contributed by atoms with Crippen LogP contribution in [0.15, 0.2) is 47.2 Å². The van der Waals surface area contributed by atoms with Gasteiger partial charge in [-0.3, -0.25) is 9.78 Å². The molecule has 20 heavy (non-hydrogen) atoms. The fourth-order valence-electron chi connectivity index (χ4n) is 1.53. The first-order valence-corrected chi connectivity index (χ1v) is 6.16. The fourth-order valence-corrected chi connectivity index (χ4v) is 1.96. The summed E-state index contributed by atoms with van der Waals surface area (Å²) in [4.78, 5) is 16.0. The Morgan fingerprint density at radius 3 is 2.40 bits per heavy atom. The van der Waals surface area contributed by atoms with E-state index in [1.165, 1.54) is 30.6 Å². The third-order valence-corrected chi connectivity index (χ3v) is 3.05. The Bertz CT molecular complexity index is 629. The fraction of sp³-hybridized carbons (Fsp3) is 0.0769. The van der Waals surface area contributed by atoms with Gasteiger partial charge in [0.1, 0.15) is 5.75 Å². The zero-order valence-corrected chi connectivity index (χ0v) is 11.4. The molecule has 0 aliphatic carbocycles. The van der Waals surface area contributed by atoms with Gasteiger partial charge >= 0.3 is 6.36 Å². The summed E-state index contributed by atoms with van der Waals surface area (Å²) in [5.41, 5.74) is 0.405. The molecule has 0 amide bonds. The molecule has 1 aromatic carbocycles. The van der Waals surface area contributed by atoms with Crippen LogP contribution in [-0.2, 0) is 0 Å². The number of rotatable bonds is 3. The van der Waals surface area contributed by atoms with E-state index in [9.17, 15) is 18.0 Å². The van der Waals surface area contributed by atoms with Crippen molar-refractivity contribution < 1.29 is 22.7 Å². The number of benzene rings is 1. The van der Waals surface area contributed by atoms with Crippen LogP contribution in [0.4, 0.5) is 13.2 Å². The van der Waals surface area contributed by atoms with Crippen molar-refractivity contribution >= 4 is 21.7 Å². The predicted molar refractivity (Wildman–Crippen MR) is 68.5 cm³/mol. The number of carbonyl (C=O) groups is 1. The summed E-state index contributed by atoms with van der Waals surface area (Å²) in [6.07, 6.45) is -1.95. The number of alkyl halides is 3. The largest absolute Gasteiger partial charge is 0.573 e. The van der Waals surface area contributed by atoms with Crippen molar-refractivity contribution in [3.63, 3.8) is 0 Å². The highest BCUT2D eigenvalue weighted by Gasteiger charge is 2.31. The van der Waals surface area contributed by atoms with Crippen molar-refractivity contribution in [2.45, 2.75) is 6.36 Å². The highest BCUT2D eigenvalue weighted by Crippen LogP contribution is 2.28. The molecule has 104 valence electrons. The van der Waals surface area contributed by atoms with E-state index in [2.05, 4.69) is 25.7 Å². The molecule has 2 aromatic rings. The topological polar surface area (TPSA) is 39.2 Å². The van der Waals surface area contributed by atoms with Gasteiger partial charge in [0.2, 0.25) is 0 Å². The number of ether oxygens (including phenoxy) is 1. The Balaban J connectivity index is 2.36. The van der Waals surface area contributed by atoms with Crippen molar-refractivity contribution in [2.75, 3.05) is 0 Å². The number of halogens is 4. The van der Waals surface area contributed by atoms with Gasteiger partial charge in [-0.2, -0.15) is 0 Å². The molecule has 0 spiro atoms. The average molecular weight is 346 g/mol. The highest BCUT2D eigenvalue weighted by atomic mass is 79.9. The molecule has 7 heteroatoms. The van der Waals surface area contributed by atoms with E-state index in [1.54, 1.807) is 0 Å². The van der Waals surface area contributed by atoms with Gasteiger partial charge in [-0.1, -0.05) is 15.9 Å². The number of ketones is 1. The van der Waals surface area contributed by atoms with E-state index in [0.717, 1.165) is 12.1 Å². The summed E-state index contributed by atoms with van der Waals surface area (Å²) >= 11 is 3.13. The van der Waals surface area contributed by atoms with E-state index in [0.29, 0.717) is 10.0 Å². The van der Waals surface area contributed by atoms with E-state index in [-0.39, 0.29) is 5.56 Å². The molecule has 1 heterocycles. The molecule has 0 saturated heterocycles. The lowest BCUT2D eigenvalue weighted by Gasteiger charge is -2.11. The second-order valence-corrected chi connectivity index (χ2v) is 4.61. The minimum atomic E-state index is -4.80. The summed E-state index contributed by atoms with van der Waals surface area (Å²) in [5, 5.41) is 0. The Morgan fingerprint density at radius 2 is 1.80 bits per heavy atom. The second kappa shape index (κ2) is 5.62. The molecule has 0 bridgehead atoms. The number of aromatic nitrogens is 1. The van der Waals surface area contributed by atoms with E-state index in [4.69, 9.17) is 0 Å². The molecule has 0 radical (unpaired) electrons. The Morgan fingerprint density at radius 1 is 1.15 bits per heavy atom. The molecule has 2 rings (SSSR count). The van der Waals surface area contributed by atoms with Crippen LogP contribution in [-0.4, -0.2) is 17.1 Å². The van der Waals surface area contributed by atoms with Crippen LogP contribution in [0.3, 0.4) is 0 Å². The Kier molecular flexibility index (Phi) is 4.08. The normalized spacial score (nSPS) is 11.2. The van der Waals surface area contributed by atoms with Crippen LogP contribution < -0.4 is 4.74 Å². The lowest BCUT2D eigenvalue weighted by atomic mass is 10.0. The van der Waals surface area contributed by atoms with Crippen LogP contribution >= 0.6 is 15.9 Å². The summed E-state index contributed by atoms with van der Waals surface area (Å²) in [6.45, 7) is 0. The summed E-state index contributed by atoms with van der Waals surface area (Å²) in [6, 6.07) is 6.45. The third kappa shape index (κ3) is 3.57. The van der Waals surface area contributed by atoms with Gasteiger partial charge in [-0.25, -0.2) is 0 Å². The molecule has 0 aliphatic heterocycles. The molecule has 0 fully saturated rings. The van der Waals surface area contributed by atoms with Crippen molar-refractivity contribution in [1.29, 1.82) is 0 Å². The second-order valence-electron chi connectivity index (χ2n) is 3.75. The van der Waals surface area contributed by atoms with Crippen LogP contribution in [0.5, 0.6) is 5.75 Å². The lowest BCUT2D eigenvalue weighted by molar-refractivity contribution is -0.274. The van der Waals surface area contributed by atoms with Gasteiger partial charge in [0.15, 0.2) is 5.78 Å². The van der Waals surface area contributed by atoms with Crippen molar-refractivity contribution in [3.8, 4) is 5.75 Å². The zero-order valence-electron chi connectivity index (χ0n) is 9.82. The average Bonchev–Trinajstić information content (AvgIpc) is 2.40. The lowest BCUT2D eigenvalue weighted by Crippen LogP contribution is -2.17. The SMILES string of the molecule is O=C(c1ccncc1)c1cc(OC(F)(F)F)ccc1Br. The van der Waals surface area contributed by atoms with Crippen LogP contribution in [0, 0.1) is 0 Å². The minimum Gasteiger partial charge on any atom is -0.406 e. The molecule has 0 N–H and O–H groups in total. The van der Waals surface area contributed by atoms with Crippen LogP contribution in [0.25, 0.3) is 0 Å². The maximum atomic E-state index is 12.2. The third-order valence-electron chi connectivity index (χ3n) is 2.36. The summed E-state index contributed by atoms with van der Waals surface area (Å²) in [5.74, 6) is -0.870. The number of nitrogens with zero attached hydrogens (tertiary/aromatic N) is 1. The molecule has 0 unspecified atom stereocenters. The Labute approximate surface area is 120 Å².